The van der Waals surface area contributed by atoms with Crippen molar-refractivity contribution in [2.24, 2.45) is 0 Å². The molecule has 0 saturated carbocycles. The van der Waals surface area contributed by atoms with Gasteiger partial charge in [-0.25, -0.2) is 0 Å². The topological polar surface area (TPSA) is 74.1 Å². The zero-order valence-electron chi connectivity index (χ0n) is 17.2. The van der Waals surface area contributed by atoms with E-state index in [9.17, 15) is 4.79 Å². The Morgan fingerprint density at radius 2 is 1.72 bits per heavy atom. The van der Waals surface area contributed by atoms with Crippen molar-refractivity contribution in [2.75, 3.05) is 7.11 Å². The number of rotatable bonds is 6. The molecule has 0 saturated heterocycles. The predicted molar refractivity (Wildman–Crippen MR) is 122 cm³/mol. The van der Waals surface area contributed by atoms with E-state index in [4.69, 9.17) is 21.1 Å². The number of benzene rings is 3. The minimum absolute atomic E-state index is 0.232. The summed E-state index contributed by atoms with van der Waals surface area (Å²) in [4.78, 5) is 14.5. The zero-order valence-corrected chi connectivity index (χ0v) is 17.9. The van der Waals surface area contributed by atoms with E-state index in [0.717, 1.165) is 11.3 Å². The van der Waals surface area contributed by atoms with Gasteiger partial charge in [-0.15, -0.1) is 5.10 Å². The highest BCUT2D eigenvalue weighted by Gasteiger charge is 2.20. The molecule has 7 nitrogen and oxygen atoms in total. The maximum absolute atomic E-state index is 13.0. The SMILES string of the molecule is COc1cc(-n2cc3[nH]n(-c4ccc(Cl)cc4)nc-3c2=O)ccc1OCc1ccccc1. The Morgan fingerprint density at radius 3 is 2.44 bits per heavy atom. The molecule has 0 bridgehead atoms. The summed E-state index contributed by atoms with van der Waals surface area (Å²) in [5, 5.41) is 8.17. The lowest BCUT2D eigenvalue weighted by Crippen LogP contribution is -2.14. The van der Waals surface area contributed by atoms with Gasteiger partial charge in [-0.05, 0) is 42.0 Å². The standard InChI is InChI=1S/C24H19ClN4O3/c1-31-22-13-19(11-12-21(22)32-15-16-5-3-2-4-6-16)28-14-20-23(24(28)30)27-29(26-20)18-9-7-17(25)8-10-18/h2-14,26H,15H2,1H3. The minimum Gasteiger partial charge on any atom is -0.493 e. The minimum atomic E-state index is -0.232. The Balaban J connectivity index is 1.44. The molecule has 2 aliphatic heterocycles. The van der Waals surface area contributed by atoms with Crippen LogP contribution < -0.4 is 15.0 Å². The second-order valence-electron chi connectivity index (χ2n) is 7.18. The fourth-order valence-corrected chi connectivity index (χ4v) is 3.58. The summed E-state index contributed by atoms with van der Waals surface area (Å²) in [6.45, 7) is 0.421. The van der Waals surface area contributed by atoms with Gasteiger partial charge in [-0.2, -0.15) is 4.80 Å². The summed E-state index contributed by atoms with van der Waals surface area (Å²) in [6, 6.07) is 22.4. The summed E-state index contributed by atoms with van der Waals surface area (Å²) in [5.74, 6) is 1.14. The number of H-pyrrole nitrogens is 1. The van der Waals surface area contributed by atoms with Crippen molar-refractivity contribution in [3.05, 3.63) is 99.9 Å². The first-order chi connectivity index (χ1) is 15.6. The Morgan fingerprint density at radius 1 is 0.969 bits per heavy atom. The average molecular weight is 447 g/mol. The van der Waals surface area contributed by atoms with E-state index in [1.54, 1.807) is 42.4 Å². The Kier molecular flexibility index (Phi) is 5.17. The maximum Gasteiger partial charge on any atom is 0.285 e. The number of fused-ring (bicyclic) bond motifs is 1. The number of hydrogen-bond acceptors (Lipinski definition) is 4. The number of halogens is 1. The molecule has 2 heterocycles. The van der Waals surface area contributed by atoms with E-state index in [-0.39, 0.29) is 5.56 Å². The van der Waals surface area contributed by atoms with Crippen LogP contribution in [0.1, 0.15) is 5.56 Å². The number of nitrogens with zero attached hydrogens (tertiary/aromatic N) is 3. The van der Waals surface area contributed by atoms with Crippen LogP contribution in [-0.2, 0) is 6.61 Å². The van der Waals surface area contributed by atoms with Gasteiger partial charge in [-0.1, -0.05) is 41.9 Å². The van der Waals surface area contributed by atoms with Crippen molar-refractivity contribution in [3.63, 3.8) is 0 Å². The third-order valence-electron chi connectivity index (χ3n) is 5.09. The molecular formula is C24H19ClN4O3. The summed E-state index contributed by atoms with van der Waals surface area (Å²) in [7, 11) is 1.57. The summed E-state index contributed by atoms with van der Waals surface area (Å²) < 4.78 is 12.9. The lowest BCUT2D eigenvalue weighted by Gasteiger charge is -2.12. The van der Waals surface area contributed by atoms with Gasteiger partial charge in [0.05, 0.1) is 18.5 Å². The molecule has 1 N–H and O–H groups in total. The number of methoxy groups -OCH3 is 1. The van der Waals surface area contributed by atoms with Crippen molar-refractivity contribution in [3.8, 4) is 34.3 Å². The second-order valence-corrected chi connectivity index (χ2v) is 7.61. The van der Waals surface area contributed by atoms with Crippen LogP contribution in [-0.4, -0.2) is 26.7 Å². The van der Waals surface area contributed by atoms with Crippen molar-refractivity contribution in [1.29, 1.82) is 0 Å². The molecule has 0 aliphatic carbocycles. The van der Waals surface area contributed by atoms with Crippen LogP contribution in [0.3, 0.4) is 0 Å². The van der Waals surface area contributed by atoms with Gasteiger partial charge < -0.3 is 9.47 Å². The molecule has 0 radical (unpaired) electrons. The highest BCUT2D eigenvalue weighted by Crippen LogP contribution is 2.31. The average Bonchev–Trinajstić information content (AvgIpc) is 3.38. The quantitative estimate of drug-likeness (QED) is 0.410. The molecule has 0 atom stereocenters. The molecule has 0 amide bonds. The molecule has 0 fully saturated rings. The van der Waals surface area contributed by atoms with Gasteiger partial charge in [0.1, 0.15) is 12.3 Å². The molecule has 3 aromatic carbocycles. The maximum atomic E-state index is 13.0. The monoisotopic (exact) mass is 446 g/mol. The molecule has 0 spiro atoms. The molecule has 0 aromatic heterocycles. The van der Waals surface area contributed by atoms with E-state index in [0.29, 0.717) is 40.2 Å². The molecular weight excluding hydrogens is 428 g/mol. The van der Waals surface area contributed by atoms with Gasteiger partial charge in [-0.3, -0.25) is 14.5 Å². The number of aromatic nitrogens is 4. The van der Waals surface area contributed by atoms with Crippen LogP contribution >= 0.6 is 11.6 Å². The van der Waals surface area contributed by atoms with Crippen molar-refractivity contribution < 1.29 is 9.47 Å². The normalized spacial score (nSPS) is 11.1. The lowest BCUT2D eigenvalue weighted by molar-refractivity contribution is 0.284. The van der Waals surface area contributed by atoms with Crippen molar-refractivity contribution in [2.45, 2.75) is 6.61 Å². The Hall–Kier alpha value is -3.97. The first-order valence-corrected chi connectivity index (χ1v) is 10.3. The fraction of sp³-hybridized carbons (Fsp3) is 0.0833. The largest absolute Gasteiger partial charge is 0.493 e. The predicted octanol–water partition coefficient (Wildman–Crippen LogP) is 4.70. The fourth-order valence-electron chi connectivity index (χ4n) is 3.45. The smallest absolute Gasteiger partial charge is 0.285 e. The van der Waals surface area contributed by atoms with Crippen molar-refractivity contribution in [1.82, 2.24) is 19.6 Å². The number of nitrogens with one attached hydrogen (secondary N) is 1. The first-order valence-electron chi connectivity index (χ1n) is 9.94. The molecule has 0 unspecified atom stereocenters. The molecule has 8 heteroatoms. The van der Waals surface area contributed by atoms with Gasteiger partial charge in [0.25, 0.3) is 5.56 Å². The summed E-state index contributed by atoms with van der Waals surface area (Å²) in [6.07, 6.45) is 1.72. The van der Waals surface area contributed by atoms with E-state index < -0.39 is 0 Å². The first kappa shape index (κ1) is 20.0. The van der Waals surface area contributed by atoms with Crippen molar-refractivity contribution >= 4 is 11.6 Å². The molecule has 3 aromatic rings. The van der Waals surface area contributed by atoms with E-state index in [2.05, 4.69) is 10.2 Å². The highest BCUT2D eigenvalue weighted by molar-refractivity contribution is 6.30. The number of aromatic amines is 1. The number of ether oxygens (including phenoxy) is 2. The third kappa shape index (κ3) is 3.74. The van der Waals surface area contributed by atoms with Crippen LogP contribution in [0.4, 0.5) is 0 Å². The van der Waals surface area contributed by atoms with Crippen LogP contribution in [0, 0.1) is 0 Å². The third-order valence-corrected chi connectivity index (χ3v) is 5.35. The van der Waals surface area contributed by atoms with Crippen LogP contribution in [0.15, 0.2) is 83.8 Å². The molecule has 32 heavy (non-hydrogen) atoms. The van der Waals surface area contributed by atoms with Gasteiger partial charge in [0.2, 0.25) is 0 Å². The second kappa shape index (κ2) is 8.28. The number of hydrogen-bond donors (Lipinski definition) is 1. The van der Waals surface area contributed by atoms with Crippen LogP contribution in [0.2, 0.25) is 5.02 Å². The zero-order chi connectivity index (χ0) is 22.1. The lowest BCUT2D eigenvalue weighted by atomic mass is 10.2. The van der Waals surface area contributed by atoms with Crippen LogP contribution in [0.25, 0.3) is 22.8 Å². The van der Waals surface area contributed by atoms with Gasteiger partial charge in [0, 0.05) is 17.3 Å². The highest BCUT2D eigenvalue weighted by atomic mass is 35.5. The summed E-state index contributed by atoms with van der Waals surface area (Å²) in [5.41, 5.74) is 3.21. The molecule has 160 valence electrons. The van der Waals surface area contributed by atoms with Gasteiger partial charge in [0.15, 0.2) is 17.2 Å². The Bertz CT molecular complexity index is 1390. The molecule has 5 rings (SSSR count). The molecule has 2 aliphatic rings. The summed E-state index contributed by atoms with van der Waals surface area (Å²) >= 11 is 5.94. The van der Waals surface area contributed by atoms with E-state index in [1.807, 2.05) is 48.5 Å². The van der Waals surface area contributed by atoms with E-state index in [1.165, 1.54) is 4.57 Å². The van der Waals surface area contributed by atoms with E-state index >= 15 is 0 Å². The van der Waals surface area contributed by atoms with Crippen LogP contribution in [0.5, 0.6) is 11.5 Å². The van der Waals surface area contributed by atoms with Gasteiger partial charge >= 0.3 is 0 Å². The Labute approximate surface area is 188 Å².